The minimum absolute atomic E-state index is 0.157. The average Bonchev–Trinajstić information content (AvgIpc) is 2.37. The van der Waals surface area contributed by atoms with Crippen LogP contribution in [0.5, 0.6) is 11.5 Å². The van der Waals surface area contributed by atoms with Gasteiger partial charge < -0.3 is 23.7 Å². The summed E-state index contributed by atoms with van der Waals surface area (Å²) in [6, 6.07) is 3.76. The molecule has 0 amide bonds. The number of ether oxygens (including phenoxy) is 5. The Hall–Kier alpha value is -1.30. The van der Waals surface area contributed by atoms with Crippen LogP contribution in [-0.2, 0) is 14.2 Å². The van der Waals surface area contributed by atoms with Crippen molar-refractivity contribution in [3.63, 3.8) is 0 Å². The van der Waals surface area contributed by atoms with Crippen molar-refractivity contribution in [2.75, 3.05) is 35.2 Å². The molecule has 0 aliphatic carbocycles. The Balaban J connectivity index is 3.11. The number of benzene rings is 1. The maximum absolute atomic E-state index is 5.48. The van der Waals surface area contributed by atoms with Crippen LogP contribution in [0.2, 0.25) is 0 Å². The molecule has 1 aromatic rings. The molecule has 5 nitrogen and oxygen atoms in total. The molecule has 0 saturated carbocycles. The average molecular weight is 256 g/mol. The fraction of sp³-hybridized carbons (Fsp3) is 0.538. The second kappa shape index (κ2) is 7.20. The highest BCUT2D eigenvalue weighted by molar-refractivity contribution is 5.49. The SMILES string of the molecule is COCOc1cc(C(OC)OC)cc(C)c1OC. The summed E-state index contributed by atoms with van der Waals surface area (Å²) < 4.78 is 26.1. The first kappa shape index (κ1) is 14.8. The molecule has 102 valence electrons. The third kappa shape index (κ3) is 3.35. The molecule has 1 rings (SSSR count). The van der Waals surface area contributed by atoms with E-state index in [1.165, 1.54) is 0 Å². The molecule has 1 aromatic carbocycles. The lowest BCUT2D eigenvalue weighted by molar-refractivity contribution is -0.106. The summed E-state index contributed by atoms with van der Waals surface area (Å²) in [5, 5.41) is 0. The maximum atomic E-state index is 5.48. The maximum Gasteiger partial charge on any atom is 0.188 e. The van der Waals surface area contributed by atoms with E-state index in [9.17, 15) is 0 Å². The van der Waals surface area contributed by atoms with E-state index in [0.717, 1.165) is 11.1 Å². The Morgan fingerprint density at radius 2 is 1.72 bits per heavy atom. The molecule has 0 aliphatic heterocycles. The van der Waals surface area contributed by atoms with Crippen molar-refractivity contribution in [2.45, 2.75) is 13.2 Å². The number of hydrogen-bond donors (Lipinski definition) is 0. The third-order valence-corrected chi connectivity index (χ3v) is 2.50. The lowest BCUT2D eigenvalue weighted by Crippen LogP contribution is -2.07. The van der Waals surface area contributed by atoms with Crippen LogP contribution in [0.25, 0.3) is 0 Å². The summed E-state index contributed by atoms with van der Waals surface area (Å²) >= 11 is 0. The fourth-order valence-corrected chi connectivity index (χ4v) is 1.76. The van der Waals surface area contributed by atoms with Gasteiger partial charge in [0, 0.05) is 26.9 Å². The summed E-state index contributed by atoms with van der Waals surface area (Å²) in [6.45, 7) is 2.09. The molecular weight excluding hydrogens is 236 g/mol. The molecule has 0 unspecified atom stereocenters. The topological polar surface area (TPSA) is 46.2 Å². The summed E-state index contributed by atoms with van der Waals surface area (Å²) in [6.07, 6.45) is -0.431. The fourth-order valence-electron chi connectivity index (χ4n) is 1.76. The summed E-state index contributed by atoms with van der Waals surface area (Å²) in [5.74, 6) is 1.29. The van der Waals surface area contributed by atoms with Gasteiger partial charge >= 0.3 is 0 Å². The van der Waals surface area contributed by atoms with Crippen LogP contribution >= 0.6 is 0 Å². The van der Waals surface area contributed by atoms with Crippen LogP contribution < -0.4 is 9.47 Å². The van der Waals surface area contributed by atoms with Crippen LogP contribution in [0.4, 0.5) is 0 Å². The number of methoxy groups -OCH3 is 4. The molecule has 0 radical (unpaired) electrons. The lowest BCUT2D eigenvalue weighted by Gasteiger charge is -2.18. The van der Waals surface area contributed by atoms with Gasteiger partial charge in [-0.05, 0) is 24.6 Å². The molecule has 0 aromatic heterocycles. The monoisotopic (exact) mass is 256 g/mol. The standard InChI is InChI=1S/C13H20O5/c1-9-6-10(13(16-4)17-5)7-11(12(9)15-3)18-8-14-2/h6-7,13H,8H2,1-5H3. The molecule has 0 saturated heterocycles. The summed E-state index contributed by atoms with van der Waals surface area (Å²) in [4.78, 5) is 0. The van der Waals surface area contributed by atoms with Crippen molar-refractivity contribution in [3.8, 4) is 11.5 Å². The van der Waals surface area contributed by atoms with Gasteiger partial charge in [-0.1, -0.05) is 0 Å². The van der Waals surface area contributed by atoms with E-state index in [2.05, 4.69) is 0 Å². The normalized spacial score (nSPS) is 10.8. The zero-order valence-electron chi connectivity index (χ0n) is 11.5. The van der Waals surface area contributed by atoms with Crippen molar-refractivity contribution in [2.24, 2.45) is 0 Å². The van der Waals surface area contributed by atoms with Crippen LogP contribution in [-0.4, -0.2) is 35.2 Å². The largest absolute Gasteiger partial charge is 0.493 e. The quantitative estimate of drug-likeness (QED) is 0.700. The minimum Gasteiger partial charge on any atom is -0.493 e. The molecule has 0 N–H and O–H groups in total. The van der Waals surface area contributed by atoms with Crippen LogP contribution in [0.15, 0.2) is 12.1 Å². The first-order chi connectivity index (χ1) is 8.67. The highest BCUT2D eigenvalue weighted by Gasteiger charge is 2.16. The number of hydrogen-bond acceptors (Lipinski definition) is 5. The third-order valence-electron chi connectivity index (χ3n) is 2.50. The Kier molecular flexibility index (Phi) is 5.91. The second-order valence-electron chi connectivity index (χ2n) is 3.72. The van der Waals surface area contributed by atoms with Crippen molar-refractivity contribution < 1.29 is 23.7 Å². The van der Waals surface area contributed by atoms with Gasteiger partial charge in [0.25, 0.3) is 0 Å². The highest BCUT2D eigenvalue weighted by Crippen LogP contribution is 2.35. The molecule has 0 aliphatic rings. The van der Waals surface area contributed by atoms with Gasteiger partial charge in [0.05, 0.1) is 7.11 Å². The number of rotatable bonds is 7. The predicted molar refractivity (Wildman–Crippen MR) is 67.0 cm³/mol. The summed E-state index contributed by atoms with van der Waals surface area (Å²) in [7, 11) is 6.34. The van der Waals surface area contributed by atoms with Gasteiger partial charge in [-0.25, -0.2) is 0 Å². The number of aryl methyl sites for hydroxylation is 1. The van der Waals surface area contributed by atoms with E-state index in [1.54, 1.807) is 28.4 Å². The molecular formula is C13H20O5. The van der Waals surface area contributed by atoms with Gasteiger partial charge in [0.15, 0.2) is 24.6 Å². The van der Waals surface area contributed by atoms with Crippen LogP contribution in [0.3, 0.4) is 0 Å². The Labute approximate surface area is 108 Å². The van der Waals surface area contributed by atoms with Crippen molar-refractivity contribution in [3.05, 3.63) is 23.3 Å². The minimum atomic E-state index is -0.431. The molecule has 0 bridgehead atoms. The van der Waals surface area contributed by atoms with E-state index in [-0.39, 0.29) is 6.79 Å². The van der Waals surface area contributed by atoms with Crippen molar-refractivity contribution >= 4 is 0 Å². The van der Waals surface area contributed by atoms with Crippen LogP contribution in [0.1, 0.15) is 17.4 Å². The predicted octanol–water partition coefficient (Wildman–Crippen LogP) is 2.28. The first-order valence-electron chi connectivity index (χ1n) is 5.53. The van der Waals surface area contributed by atoms with E-state index in [1.807, 2.05) is 19.1 Å². The van der Waals surface area contributed by atoms with Crippen molar-refractivity contribution in [1.29, 1.82) is 0 Å². The Bertz CT molecular complexity index is 374. The molecule has 0 fully saturated rings. The van der Waals surface area contributed by atoms with Gasteiger partial charge in [0.1, 0.15) is 0 Å². The smallest absolute Gasteiger partial charge is 0.188 e. The first-order valence-corrected chi connectivity index (χ1v) is 5.53. The van der Waals surface area contributed by atoms with Gasteiger partial charge in [-0.2, -0.15) is 0 Å². The zero-order valence-corrected chi connectivity index (χ0v) is 11.5. The van der Waals surface area contributed by atoms with Crippen molar-refractivity contribution in [1.82, 2.24) is 0 Å². The molecule has 0 atom stereocenters. The summed E-state index contributed by atoms with van der Waals surface area (Å²) in [5.41, 5.74) is 1.81. The van der Waals surface area contributed by atoms with E-state index >= 15 is 0 Å². The lowest BCUT2D eigenvalue weighted by atomic mass is 10.1. The van der Waals surface area contributed by atoms with Gasteiger partial charge in [-0.15, -0.1) is 0 Å². The highest BCUT2D eigenvalue weighted by atomic mass is 16.7. The second-order valence-corrected chi connectivity index (χ2v) is 3.72. The molecule has 0 spiro atoms. The Morgan fingerprint density at radius 1 is 1.06 bits per heavy atom. The van der Waals surface area contributed by atoms with E-state index in [0.29, 0.717) is 11.5 Å². The molecule has 0 heterocycles. The molecule has 5 heteroatoms. The van der Waals surface area contributed by atoms with E-state index < -0.39 is 6.29 Å². The van der Waals surface area contributed by atoms with Gasteiger partial charge in [-0.3, -0.25) is 0 Å². The van der Waals surface area contributed by atoms with E-state index in [4.69, 9.17) is 23.7 Å². The van der Waals surface area contributed by atoms with Crippen LogP contribution in [0, 0.1) is 6.92 Å². The zero-order chi connectivity index (χ0) is 13.5. The van der Waals surface area contributed by atoms with Gasteiger partial charge in [0.2, 0.25) is 0 Å². The molecule has 18 heavy (non-hydrogen) atoms. The Morgan fingerprint density at radius 3 is 2.22 bits per heavy atom.